The quantitative estimate of drug-likeness (QED) is 0.318. The van der Waals surface area contributed by atoms with Gasteiger partial charge in [-0.15, -0.1) is 0 Å². The van der Waals surface area contributed by atoms with Crippen LogP contribution < -0.4 is 0 Å². The van der Waals surface area contributed by atoms with Gasteiger partial charge in [-0.1, -0.05) is 84.4 Å². The molecular formula is C24H15ClO. The monoisotopic (exact) mass is 354 g/mol. The predicted octanol–water partition coefficient (Wildman–Crippen LogP) is 7.57. The van der Waals surface area contributed by atoms with Gasteiger partial charge in [-0.25, -0.2) is 0 Å². The Morgan fingerprint density at radius 2 is 1.35 bits per heavy atom. The fourth-order valence-corrected chi connectivity index (χ4v) is 3.78. The number of furan rings is 1. The summed E-state index contributed by atoms with van der Waals surface area (Å²) in [5.74, 6) is 0. The van der Waals surface area contributed by atoms with Gasteiger partial charge in [0.1, 0.15) is 11.2 Å². The lowest BCUT2D eigenvalue weighted by Crippen LogP contribution is -1.80. The summed E-state index contributed by atoms with van der Waals surface area (Å²) in [5, 5.41) is 2.98. The first-order chi connectivity index (χ1) is 12.8. The third-order valence-electron chi connectivity index (χ3n) is 4.74. The van der Waals surface area contributed by atoms with Crippen LogP contribution in [0.5, 0.6) is 0 Å². The number of fused-ring (bicyclic) bond motifs is 3. The number of hydrogen-bond donors (Lipinski definition) is 0. The second-order valence-corrected chi connectivity index (χ2v) is 6.78. The van der Waals surface area contributed by atoms with Crippen molar-refractivity contribution >= 4 is 33.5 Å². The standard InChI is InChI=1S/C24H15ClO/c25-18-10-4-9-17(15-18)19-11-6-14-22-23(19)21-13-5-12-20(24(21)26-22)16-7-2-1-3-8-16/h1-15H. The van der Waals surface area contributed by atoms with E-state index in [0.717, 1.165) is 49.2 Å². The highest BCUT2D eigenvalue weighted by atomic mass is 35.5. The van der Waals surface area contributed by atoms with Crippen molar-refractivity contribution in [3.05, 3.63) is 96.0 Å². The van der Waals surface area contributed by atoms with Gasteiger partial charge >= 0.3 is 0 Å². The molecule has 5 rings (SSSR count). The maximum atomic E-state index is 6.30. The summed E-state index contributed by atoms with van der Waals surface area (Å²) in [6.07, 6.45) is 0. The molecule has 0 aliphatic carbocycles. The Morgan fingerprint density at radius 3 is 2.19 bits per heavy atom. The minimum atomic E-state index is 0.734. The molecular weight excluding hydrogens is 340 g/mol. The summed E-state index contributed by atoms with van der Waals surface area (Å²) in [4.78, 5) is 0. The fourth-order valence-electron chi connectivity index (χ4n) is 3.59. The van der Waals surface area contributed by atoms with Crippen LogP contribution in [-0.2, 0) is 0 Å². The van der Waals surface area contributed by atoms with Gasteiger partial charge in [-0.3, -0.25) is 0 Å². The molecule has 0 aliphatic rings. The molecule has 0 spiro atoms. The van der Waals surface area contributed by atoms with Crippen molar-refractivity contribution in [1.29, 1.82) is 0 Å². The molecule has 1 heterocycles. The molecule has 0 saturated carbocycles. The number of rotatable bonds is 2. The van der Waals surface area contributed by atoms with Gasteiger partial charge in [-0.05, 0) is 34.9 Å². The zero-order valence-electron chi connectivity index (χ0n) is 13.9. The summed E-state index contributed by atoms with van der Waals surface area (Å²) in [6, 6.07) is 30.8. The van der Waals surface area contributed by atoms with E-state index in [-0.39, 0.29) is 0 Å². The van der Waals surface area contributed by atoms with Crippen molar-refractivity contribution in [2.75, 3.05) is 0 Å². The summed E-state index contributed by atoms with van der Waals surface area (Å²) >= 11 is 6.22. The van der Waals surface area contributed by atoms with Gasteiger partial charge in [0, 0.05) is 21.4 Å². The largest absolute Gasteiger partial charge is 0.455 e. The second kappa shape index (κ2) is 6.05. The minimum absolute atomic E-state index is 0.734. The lowest BCUT2D eigenvalue weighted by molar-refractivity contribution is 0.670. The topological polar surface area (TPSA) is 13.1 Å². The Balaban J connectivity index is 1.86. The van der Waals surface area contributed by atoms with Gasteiger partial charge < -0.3 is 4.42 Å². The molecule has 0 amide bonds. The maximum absolute atomic E-state index is 6.30. The molecule has 1 aromatic heterocycles. The number of halogens is 1. The molecule has 0 unspecified atom stereocenters. The van der Waals surface area contributed by atoms with Gasteiger partial charge in [0.05, 0.1) is 0 Å². The smallest absolute Gasteiger partial charge is 0.143 e. The first-order valence-electron chi connectivity index (χ1n) is 8.57. The molecule has 5 aromatic rings. The molecule has 0 radical (unpaired) electrons. The highest BCUT2D eigenvalue weighted by Gasteiger charge is 2.15. The molecule has 2 heteroatoms. The van der Waals surface area contributed by atoms with Crippen LogP contribution in [0, 0.1) is 0 Å². The molecule has 26 heavy (non-hydrogen) atoms. The van der Waals surface area contributed by atoms with Gasteiger partial charge in [0.25, 0.3) is 0 Å². The molecule has 0 saturated heterocycles. The lowest BCUT2D eigenvalue weighted by atomic mass is 9.97. The van der Waals surface area contributed by atoms with E-state index in [1.807, 2.05) is 48.5 Å². The molecule has 1 nitrogen and oxygen atoms in total. The van der Waals surface area contributed by atoms with Crippen LogP contribution in [0.15, 0.2) is 95.4 Å². The number of para-hydroxylation sites is 1. The van der Waals surface area contributed by atoms with Crippen molar-refractivity contribution in [3.8, 4) is 22.3 Å². The average Bonchev–Trinajstić information content (AvgIpc) is 3.07. The third-order valence-corrected chi connectivity index (χ3v) is 4.98. The fraction of sp³-hybridized carbons (Fsp3) is 0. The molecule has 124 valence electrons. The lowest BCUT2D eigenvalue weighted by Gasteiger charge is -2.05. The van der Waals surface area contributed by atoms with Gasteiger partial charge in [-0.2, -0.15) is 0 Å². The zero-order chi connectivity index (χ0) is 17.5. The van der Waals surface area contributed by atoms with E-state index in [9.17, 15) is 0 Å². The zero-order valence-corrected chi connectivity index (χ0v) is 14.7. The van der Waals surface area contributed by atoms with Crippen molar-refractivity contribution in [1.82, 2.24) is 0 Å². The number of hydrogen-bond acceptors (Lipinski definition) is 1. The predicted molar refractivity (Wildman–Crippen MR) is 110 cm³/mol. The van der Waals surface area contributed by atoms with Crippen molar-refractivity contribution in [3.63, 3.8) is 0 Å². The molecule has 0 fully saturated rings. The Bertz CT molecular complexity index is 1240. The van der Waals surface area contributed by atoms with Crippen LogP contribution in [0.1, 0.15) is 0 Å². The maximum Gasteiger partial charge on any atom is 0.143 e. The summed E-state index contributed by atoms with van der Waals surface area (Å²) in [7, 11) is 0. The van der Waals surface area contributed by atoms with E-state index in [0.29, 0.717) is 0 Å². The van der Waals surface area contributed by atoms with E-state index < -0.39 is 0 Å². The molecule has 0 N–H and O–H groups in total. The van der Waals surface area contributed by atoms with Crippen LogP contribution in [-0.4, -0.2) is 0 Å². The van der Waals surface area contributed by atoms with Gasteiger partial charge in [0.2, 0.25) is 0 Å². The third kappa shape index (κ3) is 2.40. The molecule has 0 bridgehead atoms. The highest BCUT2D eigenvalue weighted by Crippen LogP contribution is 2.40. The molecule has 0 atom stereocenters. The van der Waals surface area contributed by atoms with E-state index in [1.54, 1.807) is 0 Å². The van der Waals surface area contributed by atoms with Crippen LogP contribution in [0.4, 0.5) is 0 Å². The Morgan fingerprint density at radius 1 is 0.615 bits per heavy atom. The summed E-state index contributed by atoms with van der Waals surface area (Å²) in [6.45, 7) is 0. The highest BCUT2D eigenvalue weighted by molar-refractivity contribution is 6.31. The van der Waals surface area contributed by atoms with Crippen LogP contribution in [0.2, 0.25) is 5.02 Å². The summed E-state index contributed by atoms with van der Waals surface area (Å²) < 4.78 is 6.30. The van der Waals surface area contributed by atoms with E-state index in [1.165, 1.54) is 0 Å². The minimum Gasteiger partial charge on any atom is -0.455 e. The Hall–Kier alpha value is -3.03. The van der Waals surface area contributed by atoms with Crippen molar-refractivity contribution < 1.29 is 4.42 Å². The Kier molecular flexibility index (Phi) is 3.55. The average molecular weight is 355 g/mol. The molecule has 4 aromatic carbocycles. The molecule has 0 aliphatic heterocycles. The summed E-state index contributed by atoms with van der Waals surface area (Å²) in [5.41, 5.74) is 6.30. The van der Waals surface area contributed by atoms with E-state index in [2.05, 4.69) is 42.5 Å². The van der Waals surface area contributed by atoms with Gasteiger partial charge in [0.15, 0.2) is 0 Å². The SMILES string of the molecule is Clc1cccc(-c2cccc3oc4c(-c5ccccc5)cccc4c23)c1. The van der Waals surface area contributed by atoms with Crippen LogP contribution >= 0.6 is 11.6 Å². The van der Waals surface area contributed by atoms with Crippen molar-refractivity contribution in [2.45, 2.75) is 0 Å². The van der Waals surface area contributed by atoms with E-state index in [4.69, 9.17) is 16.0 Å². The van der Waals surface area contributed by atoms with Crippen LogP contribution in [0.3, 0.4) is 0 Å². The first kappa shape index (κ1) is 15.2. The Labute approximate surface area is 156 Å². The van der Waals surface area contributed by atoms with Crippen molar-refractivity contribution in [2.24, 2.45) is 0 Å². The van der Waals surface area contributed by atoms with E-state index >= 15 is 0 Å². The van der Waals surface area contributed by atoms with Crippen LogP contribution in [0.25, 0.3) is 44.2 Å². The normalized spacial score (nSPS) is 11.3. The number of benzene rings is 4. The second-order valence-electron chi connectivity index (χ2n) is 6.34. The first-order valence-corrected chi connectivity index (χ1v) is 8.95.